The van der Waals surface area contributed by atoms with Crippen LogP contribution in [0, 0.1) is 0 Å². The molecule has 2 rings (SSSR count). The van der Waals surface area contributed by atoms with Crippen molar-refractivity contribution in [1.82, 2.24) is 5.32 Å². The number of hydrogen-bond donors (Lipinski definition) is 4. The van der Waals surface area contributed by atoms with Crippen molar-refractivity contribution in [2.75, 3.05) is 0 Å². The van der Waals surface area contributed by atoms with Crippen molar-refractivity contribution in [3.8, 4) is 5.75 Å². The van der Waals surface area contributed by atoms with Gasteiger partial charge in [0.15, 0.2) is 0 Å². The Morgan fingerprint density at radius 3 is 2.45 bits per heavy atom. The van der Waals surface area contributed by atoms with Crippen LogP contribution >= 0.6 is 0 Å². The second-order valence-electron chi connectivity index (χ2n) is 5.17. The lowest BCUT2D eigenvalue weighted by Crippen LogP contribution is -2.41. The minimum Gasteiger partial charge on any atom is -0.508 e. The number of phenolic OH excluding ortho intramolecular Hbond substituents is 1. The maximum Gasteiger partial charge on any atom is 0.237 e. The van der Waals surface area contributed by atoms with E-state index in [0.717, 1.165) is 16.7 Å². The molecule has 5 heteroatoms. The van der Waals surface area contributed by atoms with Gasteiger partial charge in [0.2, 0.25) is 5.91 Å². The molecule has 0 fully saturated rings. The lowest BCUT2D eigenvalue weighted by molar-refractivity contribution is -0.122. The number of nitrogens with one attached hydrogen (secondary N) is 1. The highest BCUT2D eigenvalue weighted by molar-refractivity contribution is 5.81. The van der Waals surface area contributed by atoms with E-state index in [1.54, 1.807) is 24.3 Å². The van der Waals surface area contributed by atoms with Crippen molar-refractivity contribution < 1.29 is 15.0 Å². The van der Waals surface area contributed by atoms with Crippen LogP contribution in [-0.2, 0) is 24.4 Å². The van der Waals surface area contributed by atoms with Gasteiger partial charge < -0.3 is 21.3 Å². The molecule has 1 amide bonds. The SMILES string of the molecule is N[C@@H](Cc1ccc(O)cc1)C(=O)NCc1cccc(CO)c1. The molecule has 0 saturated heterocycles. The van der Waals surface area contributed by atoms with E-state index in [-0.39, 0.29) is 18.3 Å². The maximum absolute atomic E-state index is 12.0. The zero-order chi connectivity index (χ0) is 15.9. The van der Waals surface area contributed by atoms with E-state index in [4.69, 9.17) is 10.8 Å². The highest BCUT2D eigenvalue weighted by Gasteiger charge is 2.13. The van der Waals surface area contributed by atoms with Gasteiger partial charge in [-0.1, -0.05) is 36.4 Å². The van der Waals surface area contributed by atoms with Gasteiger partial charge in [-0.2, -0.15) is 0 Å². The van der Waals surface area contributed by atoms with Crippen LogP contribution in [0.15, 0.2) is 48.5 Å². The summed E-state index contributed by atoms with van der Waals surface area (Å²) in [4.78, 5) is 12.0. The van der Waals surface area contributed by atoms with Crippen LogP contribution in [-0.4, -0.2) is 22.2 Å². The Bertz CT molecular complexity index is 626. The number of phenols is 1. The first-order valence-corrected chi connectivity index (χ1v) is 7.08. The van der Waals surface area contributed by atoms with Gasteiger partial charge >= 0.3 is 0 Å². The topological polar surface area (TPSA) is 95.6 Å². The number of aliphatic hydroxyl groups excluding tert-OH is 1. The average Bonchev–Trinajstić information content (AvgIpc) is 2.54. The molecule has 0 bridgehead atoms. The van der Waals surface area contributed by atoms with E-state index in [9.17, 15) is 9.90 Å². The quantitative estimate of drug-likeness (QED) is 0.642. The monoisotopic (exact) mass is 300 g/mol. The zero-order valence-corrected chi connectivity index (χ0v) is 12.2. The van der Waals surface area contributed by atoms with Gasteiger partial charge in [-0.15, -0.1) is 0 Å². The lowest BCUT2D eigenvalue weighted by atomic mass is 10.1. The van der Waals surface area contributed by atoms with E-state index in [2.05, 4.69) is 5.32 Å². The molecule has 0 aliphatic carbocycles. The van der Waals surface area contributed by atoms with E-state index < -0.39 is 6.04 Å². The Morgan fingerprint density at radius 2 is 1.77 bits per heavy atom. The minimum absolute atomic E-state index is 0.0256. The number of nitrogens with two attached hydrogens (primary N) is 1. The first-order chi connectivity index (χ1) is 10.6. The molecule has 0 radical (unpaired) electrons. The largest absolute Gasteiger partial charge is 0.508 e. The van der Waals surface area contributed by atoms with Crippen LogP contribution in [0.2, 0.25) is 0 Å². The van der Waals surface area contributed by atoms with E-state index in [0.29, 0.717) is 13.0 Å². The molecule has 2 aromatic rings. The Morgan fingerprint density at radius 1 is 1.09 bits per heavy atom. The third kappa shape index (κ3) is 4.58. The molecule has 22 heavy (non-hydrogen) atoms. The number of aromatic hydroxyl groups is 1. The molecule has 5 nitrogen and oxygen atoms in total. The standard InChI is InChI=1S/C17H20N2O3/c18-16(9-12-4-6-15(21)7-5-12)17(22)19-10-13-2-1-3-14(8-13)11-20/h1-8,16,20-21H,9-11,18H2,(H,19,22)/t16-/m0/s1. The molecule has 0 aliphatic heterocycles. The highest BCUT2D eigenvalue weighted by atomic mass is 16.3. The van der Waals surface area contributed by atoms with Crippen molar-refractivity contribution in [1.29, 1.82) is 0 Å². The molecular formula is C17H20N2O3. The number of carbonyl (C=O) groups excluding carboxylic acids is 1. The molecular weight excluding hydrogens is 280 g/mol. The normalized spacial score (nSPS) is 11.9. The van der Waals surface area contributed by atoms with Crippen LogP contribution in [0.4, 0.5) is 0 Å². The predicted molar refractivity (Wildman–Crippen MR) is 84.0 cm³/mol. The van der Waals surface area contributed by atoms with Gasteiger partial charge in [0.1, 0.15) is 5.75 Å². The summed E-state index contributed by atoms with van der Waals surface area (Å²) in [5, 5.41) is 21.1. The summed E-state index contributed by atoms with van der Waals surface area (Å²) in [5.74, 6) is -0.0481. The third-order valence-corrected chi connectivity index (χ3v) is 3.37. The molecule has 0 spiro atoms. The lowest BCUT2D eigenvalue weighted by Gasteiger charge is -2.13. The first kappa shape index (κ1) is 16.0. The van der Waals surface area contributed by atoms with Gasteiger partial charge in [0.05, 0.1) is 12.6 Å². The highest BCUT2D eigenvalue weighted by Crippen LogP contribution is 2.11. The van der Waals surface area contributed by atoms with Gasteiger partial charge in [-0.05, 0) is 35.2 Å². The molecule has 1 atom stereocenters. The van der Waals surface area contributed by atoms with E-state index >= 15 is 0 Å². The van der Waals surface area contributed by atoms with Crippen molar-refractivity contribution in [2.45, 2.75) is 25.6 Å². The average molecular weight is 300 g/mol. The van der Waals surface area contributed by atoms with E-state index in [1.807, 2.05) is 24.3 Å². The van der Waals surface area contributed by atoms with Crippen LogP contribution in [0.25, 0.3) is 0 Å². The number of benzene rings is 2. The third-order valence-electron chi connectivity index (χ3n) is 3.37. The molecule has 0 heterocycles. The Balaban J connectivity index is 1.86. The minimum atomic E-state index is -0.648. The maximum atomic E-state index is 12.0. The second-order valence-corrected chi connectivity index (χ2v) is 5.17. The van der Waals surface area contributed by atoms with Gasteiger partial charge in [-0.3, -0.25) is 4.79 Å². The fourth-order valence-electron chi connectivity index (χ4n) is 2.14. The number of rotatable bonds is 6. The van der Waals surface area contributed by atoms with Gasteiger partial charge in [0, 0.05) is 6.54 Å². The predicted octanol–water partition coefficient (Wildman–Crippen LogP) is 1.07. The summed E-state index contributed by atoms with van der Waals surface area (Å²) in [6.07, 6.45) is 0.406. The summed E-state index contributed by atoms with van der Waals surface area (Å²) in [7, 11) is 0. The molecule has 0 aliphatic rings. The summed E-state index contributed by atoms with van der Waals surface area (Å²) < 4.78 is 0. The molecule has 116 valence electrons. The summed E-state index contributed by atoms with van der Waals surface area (Å²) in [5.41, 5.74) is 8.50. The Hall–Kier alpha value is -2.37. The van der Waals surface area contributed by atoms with Crippen LogP contribution in [0.5, 0.6) is 5.75 Å². The molecule has 0 aromatic heterocycles. The van der Waals surface area contributed by atoms with Gasteiger partial charge in [-0.25, -0.2) is 0 Å². The van der Waals surface area contributed by atoms with Crippen LogP contribution in [0.3, 0.4) is 0 Å². The Kier molecular flexibility index (Phi) is 5.52. The van der Waals surface area contributed by atoms with Crippen molar-refractivity contribution in [2.24, 2.45) is 5.73 Å². The second kappa shape index (κ2) is 7.59. The molecule has 2 aromatic carbocycles. The van der Waals surface area contributed by atoms with Crippen LogP contribution < -0.4 is 11.1 Å². The van der Waals surface area contributed by atoms with Gasteiger partial charge in [0.25, 0.3) is 0 Å². The number of amides is 1. The molecule has 5 N–H and O–H groups in total. The fourth-order valence-corrected chi connectivity index (χ4v) is 2.14. The first-order valence-electron chi connectivity index (χ1n) is 7.08. The number of carbonyl (C=O) groups is 1. The fraction of sp³-hybridized carbons (Fsp3) is 0.235. The Labute approximate surface area is 129 Å². The van der Waals surface area contributed by atoms with Crippen molar-refractivity contribution in [3.05, 3.63) is 65.2 Å². The molecule has 0 saturated carbocycles. The number of aliphatic hydroxyl groups is 1. The smallest absolute Gasteiger partial charge is 0.237 e. The van der Waals surface area contributed by atoms with Crippen molar-refractivity contribution >= 4 is 5.91 Å². The van der Waals surface area contributed by atoms with Crippen LogP contribution in [0.1, 0.15) is 16.7 Å². The van der Waals surface area contributed by atoms with Crippen molar-refractivity contribution in [3.63, 3.8) is 0 Å². The summed E-state index contributed by atoms with van der Waals surface area (Å²) >= 11 is 0. The zero-order valence-electron chi connectivity index (χ0n) is 12.2. The summed E-state index contributed by atoms with van der Waals surface area (Å²) in [6, 6.07) is 13.4. The number of hydrogen-bond acceptors (Lipinski definition) is 4. The van der Waals surface area contributed by atoms with E-state index in [1.165, 1.54) is 0 Å². The molecule has 0 unspecified atom stereocenters. The summed E-state index contributed by atoms with van der Waals surface area (Å²) in [6.45, 7) is 0.345.